The number of hydrogen-bond acceptors (Lipinski definition) is 4. The molecule has 0 bridgehead atoms. The number of nitrogens with two attached hydrogens (primary N) is 1. The van der Waals surface area contributed by atoms with E-state index in [4.69, 9.17) is 5.73 Å². The molecule has 3 amide bonds. The maximum absolute atomic E-state index is 12.5. The van der Waals surface area contributed by atoms with Crippen LogP contribution in [0.2, 0.25) is 0 Å². The van der Waals surface area contributed by atoms with Crippen molar-refractivity contribution in [3.63, 3.8) is 0 Å². The molecule has 0 atom stereocenters. The summed E-state index contributed by atoms with van der Waals surface area (Å²) < 4.78 is 0. The van der Waals surface area contributed by atoms with Crippen LogP contribution in [0.4, 0.5) is 5.69 Å². The minimum absolute atomic E-state index is 0.0515. The number of rotatable bonds is 2. The molecule has 3 rings (SSSR count). The lowest BCUT2D eigenvalue weighted by molar-refractivity contribution is -0.123. The third-order valence-electron chi connectivity index (χ3n) is 4.04. The number of thioether (sulfide) groups is 1. The lowest BCUT2D eigenvalue weighted by Gasteiger charge is -2.31. The number of hydrogen-bond donors (Lipinski definition) is 2. The van der Waals surface area contributed by atoms with Crippen LogP contribution in [0.5, 0.6) is 0 Å². The molecule has 22 heavy (non-hydrogen) atoms. The number of benzene rings is 1. The van der Waals surface area contributed by atoms with Gasteiger partial charge in [0.2, 0.25) is 11.8 Å². The summed E-state index contributed by atoms with van der Waals surface area (Å²) in [5, 5.41) is 2.79. The molecule has 0 unspecified atom stereocenters. The molecule has 2 aliphatic rings. The number of carbonyl (C=O) groups is 3. The highest BCUT2D eigenvalue weighted by Gasteiger charge is 2.27. The van der Waals surface area contributed by atoms with Gasteiger partial charge in [0, 0.05) is 29.5 Å². The third-order valence-corrected chi connectivity index (χ3v) is 5.12. The molecule has 7 heteroatoms. The van der Waals surface area contributed by atoms with E-state index in [1.54, 1.807) is 17.0 Å². The van der Waals surface area contributed by atoms with E-state index in [1.165, 1.54) is 11.8 Å². The Kier molecular flexibility index (Phi) is 4.06. The molecule has 2 aliphatic heterocycles. The normalized spacial score (nSPS) is 18.5. The first kappa shape index (κ1) is 14.9. The summed E-state index contributed by atoms with van der Waals surface area (Å²) in [6, 6.07) is 5.37. The molecule has 0 saturated carbocycles. The first-order chi connectivity index (χ1) is 10.5. The fraction of sp³-hybridized carbons (Fsp3) is 0.400. The van der Waals surface area contributed by atoms with Gasteiger partial charge in [0.15, 0.2) is 0 Å². The van der Waals surface area contributed by atoms with Gasteiger partial charge in [-0.05, 0) is 31.0 Å². The molecular formula is C15H17N3O3S. The average molecular weight is 319 g/mol. The van der Waals surface area contributed by atoms with Gasteiger partial charge in [-0.3, -0.25) is 14.4 Å². The van der Waals surface area contributed by atoms with E-state index in [0.29, 0.717) is 42.9 Å². The van der Waals surface area contributed by atoms with Crippen LogP contribution in [0.3, 0.4) is 0 Å². The minimum atomic E-state index is -0.291. The van der Waals surface area contributed by atoms with Gasteiger partial charge in [0.1, 0.15) is 0 Å². The van der Waals surface area contributed by atoms with E-state index in [2.05, 4.69) is 5.32 Å². The largest absolute Gasteiger partial charge is 0.369 e. The van der Waals surface area contributed by atoms with Crippen molar-refractivity contribution in [3.05, 3.63) is 23.8 Å². The smallest absolute Gasteiger partial charge is 0.253 e. The molecule has 1 saturated heterocycles. The number of amides is 3. The second-order valence-corrected chi connectivity index (χ2v) is 6.53. The highest BCUT2D eigenvalue weighted by molar-refractivity contribution is 8.00. The summed E-state index contributed by atoms with van der Waals surface area (Å²) in [5.41, 5.74) is 6.55. The van der Waals surface area contributed by atoms with Crippen LogP contribution in [0.25, 0.3) is 0 Å². The molecule has 1 aromatic carbocycles. The Labute approximate surface area is 132 Å². The van der Waals surface area contributed by atoms with Crippen molar-refractivity contribution >= 4 is 35.2 Å². The number of fused-ring (bicyclic) bond motifs is 1. The van der Waals surface area contributed by atoms with Gasteiger partial charge in [0.25, 0.3) is 5.91 Å². The minimum Gasteiger partial charge on any atom is -0.369 e. The topological polar surface area (TPSA) is 92.5 Å². The zero-order valence-electron chi connectivity index (χ0n) is 12.0. The van der Waals surface area contributed by atoms with Gasteiger partial charge in [-0.2, -0.15) is 0 Å². The van der Waals surface area contributed by atoms with Crippen molar-refractivity contribution in [1.29, 1.82) is 0 Å². The molecular weight excluding hydrogens is 302 g/mol. The summed E-state index contributed by atoms with van der Waals surface area (Å²) in [6.45, 7) is 1.06. The van der Waals surface area contributed by atoms with E-state index in [-0.39, 0.29) is 23.6 Å². The predicted octanol–water partition coefficient (Wildman–Crippen LogP) is 1.07. The lowest BCUT2D eigenvalue weighted by atomic mass is 9.96. The quantitative estimate of drug-likeness (QED) is 0.853. The van der Waals surface area contributed by atoms with E-state index in [0.717, 1.165) is 4.90 Å². The fourth-order valence-corrected chi connectivity index (χ4v) is 3.55. The van der Waals surface area contributed by atoms with Crippen molar-refractivity contribution in [2.45, 2.75) is 17.7 Å². The number of nitrogens with zero attached hydrogens (tertiary/aromatic N) is 1. The second-order valence-electron chi connectivity index (χ2n) is 5.52. The molecule has 0 aromatic heterocycles. The summed E-state index contributed by atoms with van der Waals surface area (Å²) in [6.07, 6.45) is 1.22. The van der Waals surface area contributed by atoms with Crippen LogP contribution < -0.4 is 11.1 Å². The standard InChI is InChI=1S/C15H17N3O3S/c16-14(20)9-3-5-18(6-4-9)15(21)10-1-2-12-11(7-10)17-13(19)8-22-12/h1-2,7,9H,3-6,8H2,(H2,16,20)(H,17,19). The van der Waals surface area contributed by atoms with Gasteiger partial charge >= 0.3 is 0 Å². The zero-order valence-corrected chi connectivity index (χ0v) is 12.8. The van der Waals surface area contributed by atoms with Crippen molar-refractivity contribution in [3.8, 4) is 0 Å². The van der Waals surface area contributed by atoms with Crippen LogP contribution in [0.15, 0.2) is 23.1 Å². The lowest BCUT2D eigenvalue weighted by Crippen LogP contribution is -2.41. The van der Waals surface area contributed by atoms with Gasteiger partial charge < -0.3 is 16.0 Å². The van der Waals surface area contributed by atoms with Crippen LogP contribution in [-0.2, 0) is 9.59 Å². The maximum atomic E-state index is 12.5. The summed E-state index contributed by atoms with van der Waals surface area (Å²) in [4.78, 5) is 37.9. The fourth-order valence-electron chi connectivity index (χ4n) is 2.77. The van der Waals surface area contributed by atoms with E-state index >= 15 is 0 Å². The molecule has 2 heterocycles. The SMILES string of the molecule is NC(=O)C1CCN(C(=O)c2ccc3c(c2)NC(=O)CS3)CC1. The monoisotopic (exact) mass is 319 g/mol. The van der Waals surface area contributed by atoms with Crippen molar-refractivity contribution < 1.29 is 14.4 Å². The van der Waals surface area contributed by atoms with Crippen molar-refractivity contribution in [2.24, 2.45) is 11.7 Å². The first-order valence-electron chi connectivity index (χ1n) is 7.20. The highest BCUT2D eigenvalue weighted by Crippen LogP contribution is 2.32. The number of primary amides is 1. The maximum Gasteiger partial charge on any atom is 0.253 e. The molecule has 0 spiro atoms. The Balaban J connectivity index is 1.72. The molecule has 1 aromatic rings. The van der Waals surface area contributed by atoms with Crippen LogP contribution in [0, 0.1) is 5.92 Å². The average Bonchev–Trinajstić information content (AvgIpc) is 2.53. The summed E-state index contributed by atoms with van der Waals surface area (Å²) in [7, 11) is 0. The van der Waals surface area contributed by atoms with Crippen LogP contribution >= 0.6 is 11.8 Å². The van der Waals surface area contributed by atoms with Gasteiger partial charge in [-0.1, -0.05) is 0 Å². The Hall–Kier alpha value is -2.02. The Morgan fingerprint density at radius 2 is 2.00 bits per heavy atom. The van der Waals surface area contributed by atoms with Crippen LogP contribution in [-0.4, -0.2) is 41.5 Å². The molecule has 116 valence electrons. The number of nitrogens with one attached hydrogen (secondary N) is 1. The molecule has 3 N–H and O–H groups in total. The second kappa shape index (κ2) is 6.00. The van der Waals surface area contributed by atoms with Gasteiger partial charge in [0.05, 0.1) is 11.4 Å². The van der Waals surface area contributed by atoms with Crippen molar-refractivity contribution in [1.82, 2.24) is 4.90 Å². The first-order valence-corrected chi connectivity index (χ1v) is 8.18. The van der Waals surface area contributed by atoms with Gasteiger partial charge in [-0.25, -0.2) is 0 Å². The van der Waals surface area contributed by atoms with Gasteiger partial charge in [-0.15, -0.1) is 11.8 Å². The Morgan fingerprint density at radius 1 is 1.27 bits per heavy atom. The van der Waals surface area contributed by atoms with E-state index < -0.39 is 0 Å². The predicted molar refractivity (Wildman–Crippen MR) is 83.6 cm³/mol. The van der Waals surface area contributed by atoms with Crippen LogP contribution in [0.1, 0.15) is 23.2 Å². The third kappa shape index (κ3) is 2.94. The Bertz CT molecular complexity index is 639. The van der Waals surface area contributed by atoms with E-state index in [9.17, 15) is 14.4 Å². The zero-order chi connectivity index (χ0) is 15.7. The summed E-state index contributed by atoms with van der Waals surface area (Å²) >= 11 is 1.47. The molecule has 1 fully saturated rings. The summed E-state index contributed by atoms with van der Waals surface area (Å²) in [5.74, 6) is -0.148. The number of carbonyl (C=O) groups excluding carboxylic acids is 3. The molecule has 0 aliphatic carbocycles. The highest BCUT2D eigenvalue weighted by atomic mass is 32.2. The Morgan fingerprint density at radius 3 is 2.68 bits per heavy atom. The number of anilines is 1. The van der Waals surface area contributed by atoms with Crippen molar-refractivity contribution in [2.75, 3.05) is 24.2 Å². The molecule has 6 nitrogen and oxygen atoms in total. The number of likely N-dealkylation sites (tertiary alicyclic amines) is 1. The number of piperidine rings is 1. The van der Waals surface area contributed by atoms with E-state index in [1.807, 2.05) is 6.07 Å². The molecule has 0 radical (unpaired) electrons.